The van der Waals surface area contributed by atoms with Crippen LogP contribution in [0.1, 0.15) is 32.6 Å². The molecule has 0 unspecified atom stereocenters. The molecule has 2 aromatic carbocycles. The average Bonchev–Trinajstić information content (AvgIpc) is 2.36. The number of Topliss-reactive ketones (excluding diaryl/α,β-unsaturated/α-hetero) is 1. The van der Waals surface area contributed by atoms with Gasteiger partial charge in [0.25, 0.3) is 0 Å². The lowest BCUT2D eigenvalue weighted by Gasteiger charge is -2.11. The van der Waals surface area contributed by atoms with E-state index in [1.54, 1.807) is 12.1 Å². The fourth-order valence-electron chi connectivity index (χ4n) is 2.46. The SMILES string of the molecule is Cc1cc(C)c(CC(=O)c2cc(Br)ccc2Cl)c(C)c1. The van der Waals surface area contributed by atoms with Gasteiger partial charge in [0.2, 0.25) is 0 Å². The van der Waals surface area contributed by atoms with Crippen molar-refractivity contribution < 1.29 is 4.79 Å². The molecule has 3 heteroatoms. The highest BCUT2D eigenvalue weighted by Crippen LogP contribution is 2.24. The van der Waals surface area contributed by atoms with Gasteiger partial charge in [-0.3, -0.25) is 4.79 Å². The first-order valence-electron chi connectivity index (χ1n) is 6.43. The van der Waals surface area contributed by atoms with Crippen molar-refractivity contribution in [3.8, 4) is 0 Å². The van der Waals surface area contributed by atoms with Crippen LogP contribution in [0.2, 0.25) is 5.02 Å². The minimum Gasteiger partial charge on any atom is -0.294 e. The Labute approximate surface area is 133 Å². The number of carbonyl (C=O) groups is 1. The highest BCUT2D eigenvalue weighted by molar-refractivity contribution is 9.10. The van der Waals surface area contributed by atoms with Crippen molar-refractivity contribution in [3.63, 3.8) is 0 Å². The first kappa shape index (κ1) is 15.3. The second-order valence-electron chi connectivity index (χ2n) is 5.10. The largest absolute Gasteiger partial charge is 0.294 e. The van der Waals surface area contributed by atoms with Crippen LogP contribution in [0.25, 0.3) is 0 Å². The topological polar surface area (TPSA) is 17.1 Å². The summed E-state index contributed by atoms with van der Waals surface area (Å²) < 4.78 is 0.864. The molecule has 0 saturated carbocycles. The maximum Gasteiger partial charge on any atom is 0.168 e. The molecule has 0 aromatic heterocycles. The zero-order valence-corrected chi connectivity index (χ0v) is 14.1. The molecule has 0 fully saturated rings. The van der Waals surface area contributed by atoms with Crippen LogP contribution >= 0.6 is 27.5 Å². The quantitative estimate of drug-likeness (QED) is 0.672. The molecule has 20 heavy (non-hydrogen) atoms. The Morgan fingerprint density at radius 3 is 2.30 bits per heavy atom. The summed E-state index contributed by atoms with van der Waals surface area (Å²) in [6, 6.07) is 9.58. The van der Waals surface area contributed by atoms with Gasteiger partial charge in [0.05, 0.1) is 5.02 Å². The molecule has 104 valence electrons. The minimum atomic E-state index is 0.0475. The van der Waals surface area contributed by atoms with Crippen LogP contribution in [0.4, 0.5) is 0 Å². The molecule has 2 aromatic rings. The Bertz CT molecular complexity index is 654. The highest BCUT2D eigenvalue weighted by atomic mass is 79.9. The number of hydrogen-bond acceptors (Lipinski definition) is 1. The molecule has 0 amide bonds. The predicted molar refractivity (Wildman–Crippen MR) is 87.8 cm³/mol. The second kappa shape index (κ2) is 6.11. The summed E-state index contributed by atoms with van der Waals surface area (Å²) in [4.78, 5) is 12.5. The number of ketones is 1. The van der Waals surface area contributed by atoms with Crippen molar-refractivity contribution in [3.05, 3.63) is 67.6 Å². The van der Waals surface area contributed by atoms with E-state index < -0.39 is 0 Å². The number of aryl methyl sites for hydroxylation is 3. The molecular weight excluding hydrogens is 336 g/mol. The lowest BCUT2D eigenvalue weighted by atomic mass is 9.94. The van der Waals surface area contributed by atoms with Crippen molar-refractivity contribution >= 4 is 33.3 Å². The standard InChI is InChI=1S/C17H16BrClO/c1-10-6-11(2)14(12(3)7-10)9-17(20)15-8-13(18)4-5-16(15)19/h4-8H,9H2,1-3H3. The number of rotatable bonds is 3. The summed E-state index contributed by atoms with van der Waals surface area (Å²) in [5.41, 5.74) is 5.19. The summed E-state index contributed by atoms with van der Waals surface area (Å²) in [6.07, 6.45) is 0.383. The first-order valence-corrected chi connectivity index (χ1v) is 7.60. The van der Waals surface area contributed by atoms with Gasteiger partial charge < -0.3 is 0 Å². The molecule has 0 heterocycles. The van der Waals surface area contributed by atoms with Crippen LogP contribution in [0.15, 0.2) is 34.8 Å². The van der Waals surface area contributed by atoms with Crippen molar-refractivity contribution in [2.45, 2.75) is 27.2 Å². The van der Waals surface area contributed by atoms with Gasteiger partial charge in [0.15, 0.2) is 5.78 Å². The summed E-state index contributed by atoms with van der Waals surface area (Å²) in [5, 5.41) is 0.501. The fourth-order valence-corrected chi connectivity index (χ4v) is 3.04. The van der Waals surface area contributed by atoms with Gasteiger partial charge in [-0.1, -0.05) is 45.2 Å². The first-order chi connectivity index (χ1) is 9.38. The van der Waals surface area contributed by atoms with Gasteiger partial charge in [0, 0.05) is 16.5 Å². The molecule has 2 rings (SSSR count). The molecule has 0 aliphatic rings. The monoisotopic (exact) mass is 350 g/mol. The Morgan fingerprint density at radius 2 is 1.70 bits per heavy atom. The van der Waals surface area contributed by atoms with Crippen LogP contribution in [0.5, 0.6) is 0 Å². The lowest BCUT2D eigenvalue weighted by Crippen LogP contribution is -2.07. The Hall–Kier alpha value is -1.12. The average molecular weight is 352 g/mol. The predicted octanol–water partition coefficient (Wildman–Crippen LogP) is 5.45. The molecular formula is C17H16BrClO. The Kier molecular flexibility index (Phi) is 4.66. The van der Waals surface area contributed by atoms with Crippen molar-refractivity contribution in [2.24, 2.45) is 0 Å². The van der Waals surface area contributed by atoms with Crippen LogP contribution in [0, 0.1) is 20.8 Å². The lowest BCUT2D eigenvalue weighted by molar-refractivity contribution is 0.0992. The molecule has 0 bridgehead atoms. The third kappa shape index (κ3) is 3.31. The molecule has 0 aliphatic carbocycles. The van der Waals surface area contributed by atoms with Crippen molar-refractivity contribution in [1.29, 1.82) is 0 Å². The van der Waals surface area contributed by atoms with E-state index >= 15 is 0 Å². The number of benzene rings is 2. The van der Waals surface area contributed by atoms with Gasteiger partial charge in [-0.25, -0.2) is 0 Å². The van der Waals surface area contributed by atoms with E-state index in [1.807, 2.05) is 19.9 Å². The van der Waals surface area contributed by atoms with Gasteiger partial charge in [-0.05, 0) is 55.7 Å². The summed E-state index contributed by atoms with van der Waals surface area (Å²) in [5.74, 6) is 0.0475. The normalized spacial score (nSPS) is 10.7. The maximum atomic E-state index is 12.5. The summed E-state index contributed by atoms with van der Waals surface area (Å²) >= 11 is 9.50. The molecule has 0 radical (unpaired) electrons. The van der Waals surface area contributed by atoms with E-state index in [-0.39, 0.29) is 5.78 Å². The number of halogens is 2. The minimum absolute atomic E-state index is 0.0475. The zero-order valence-electron chi connectivity index (χ0n) is 11.8. The number of carbonyl (C=O) groups excluding carboxylic acids is 1. The highest BCUT2D eigenvalue weighted by Gasteiger charge is 2.14. The molecule has 0 saturated heterocycles. The third-order valence-corrected chi connectivity index (χ3v) is 4.23. The van der Waals surface area contributed by atoms with E-state index in [0.29, 0.717) is 17.0 Å². The van der Waals surface area contributed by atoms with Crippen molar-refractivity contribution in [1.82, 2.24) is 0 Å². The van der Waals surface area contributed by atoms with Crippen LogP contribution in [-0.2, 0) is 6.42 Å². The van der Waals surface area contributed by atoms with E-state index in [2.05, 4.69) is 35.0 Å². The van der Waals surface area contributed by atoms with Gasteiger partial charge in [-0.2, -0.15) is 0 Å². The van der Waals surface area contributed by atoms with Gasteiger partial charge in [0.1, 0.15) is 0 Å². The maximum absolute atomic E-state index is 12.5. The van der Waals surface area contributed by atoms with Crippen LogP contribution in [-0.4, -0.2) is 5.78 Å². The Balaban J connectivity index is 2.35. The van der Waals surface area contributed by atoms with E-state index in [4.69, 9.17) is 11.6 Å². The molecule has 0 aliphatic heterocycles. The van der Waals surface area contributed by atoms with Crippen molar-refractivity contribution in [2.75, 3.05) is 0 Å². The smallest absolute Gasteiger partial charge is 0.168 e. The molecule has 0 atom stereocenters. The third-order valence-electron chi connectivity index (χ3n) is 3.41. The second-order valence-corrected chi connectivity index (χ2v) is 6.42. The molecule has 1 nitrogen and oxygen atoms in total. The van der Waals surface area contributed by atoms with E-state index in [0.717, 1.165) is 21.2 Å². The van der Waals surface area contributed by atoms with Gasteiger partial charge in [-0.15, -0.1) is 0 Å². The van der Waals surface area contributed by atoms with Crippen LogP contribution in [0.3, 0.4) is 0 Å². The van der Waals surface area contributed by atoms with E-state index in [1.165, 1.54) is 5.56 Å². The fraction of sp³-hybridized carbons (Fsp3) is 0.235. The summed E-state index contributed by atoms with van der Waals surface area (Å²) in [7, 11) is 0. The zero-order chi connectivity index (χ0) is 14.9. The van der Waals surface area contributed by atoms with Crippen LogP contribution < -0.4 is 0 Å². The molecule has 0 spiro atoms. The number of hydrogen-bond donors (Lipinski definition) is 0. The van der Waals surface area contributed by atoms with E-state index in [9.17, 15) is 4.79 Å². The Morgan fingerprint density at radius 1 is 1.10 bits per heavy atom. The molecule has 0 N–H and O–H groups in total. The van der Waals surface area contributed by atoms with Gasteiger partial charge >= 0.3 is 0 Å². The summed E-state index contributed by atoms with van der Waals surface area (Å²) in [6.45, 7) is 6.16.